The van der Waals surface area contributed by atoms with Gasteiger partial charge in [-0.05, 0) is 56.6 Å². The minimum atomic E-state index is -0.468. The van der Waals surface area contributed by atoms with Crippen LogP contribution in [0.3, 0.4) is 0 Å². The van der Waals surface area contributed by atoms with Gasteiger partial charge in [0.2, 0.25) is 0 Å². The molecule has 10 heteroatoms. The van der Waals surface area contributed by atoms with Gasteiger partial charge in [-0.3, -0.25) is 14.2 Å². The second-order valence-electron chi connectivity index (χ2n) is 8.96. The maximum absolute atomic E-state index is 14.2. The molecule has 2 aromatic heterocycles. The third-order valence-electron chi connectivity index (χ3n) is 6.52. The number of nitrogens with zero attached hydrogens (tertiary/aromatic N) is 3. The fraction of sp³-hybridized carbons (Fsp3) is 0.414. The summed E-state index contributed by atoms with van der Waals surface area (Å²) in [4.78, 5) is 33.8. The molecule has 1 aliphatic rings. The number of benzene rings is 1. The number of ether oxygens (including phenoxy) is 2. The first-order valence-electron chi connectivity index (χ1n) is 13.3. The Kier molecular flexibility index (Phi) is 10.5. The number of thioether (sulfide) groups is 1. The highest BCUT2D eigenvalue weighted by atomic mass is 32.2. The van der Waals surface area contributed by atoms with Crippen molar-refractivity contribution < 1.29 is 18.7 Å². The highest BCUT2D eigenvalue weighted by Crippen LogP contribution is 2.35. The van der Waals surface area contributed by atoms with Gasteiger partial charge in [0.05, 0.1) is 29.5 Å². The molecule has 0 radical (unpaired) electrons. The molecule has 1 atom stereocenters. The molecule has 0 N–H and O–H groups in total. The van der Waals surface area contributed by atoms with E-state index in [1.54, 1.807) is 19.1 Å². The molecule has 0 bridgehead atoms. The molecule has 0 saturated heterocycles. The van der Waals surface area contributed by atoms with Crippen LogP contribution in [0.4, 0.5) is 4.39 Å². The molecule has 0 saturated carbocycles. The molecule has 7 nitrogen and oxygen atoms in total. The van der Waals surface area contributed by atoms with E-state index in [1.165, 1.54) is 28.0 Å². The molecule has 0 fully saturated rings. The Morgan fingerprint density at radius 3 is 2.85 bits per heavy atom. The first-order chi connectivity index (χ1) is 19.0. The monoisotopic (exact) mass is 571 g/mol. The summed E-state index contributed by atoms with van der Waals surface area (Å²) in [5, 5.41) is 2.70. The highest BCUT2D eigenvalue weighted by molar-refractivity contribution is 7.99. The third kappa shape index (κ3) is 7.05. The number of hydrogen-bond donors (Lipinski definition) is 0. The van der Waals surface area contributed by atoms with Crippen LogP contribution in [-0.2, 0) is 14.3 Å². The smallest absolute Gasteiger partial charge is 0.316 e. The lowest BCUT2D eigenvalue weighted by atomic mass is 9.95. The minimum Gasteiger partial charge on any atom is -0.465 e. The summed E-state index contributed by atoms with van der Waals surface area (Å²) in [6.07, 6.45) is 7.51. The Bertz CT molecular complexity index is 1410. The van der Waals surface area contributed by atoms with E-state index >= 15 is 0 Å². The fourth-order valence-corrected chi connectivity index (χ4v) is 6.33. The first kappa shape index (κ1) is 29.2. The van der Waals surface area contributed by atoms with Crippen molar-refractivity contribution in [3.05, 3.63) is 69.6 Å². The maximum atomic E-state index is 14.2. The molecule has 2 heterocycles. The summed E-state index contributed by atoms with van der Waals surface area (Å²) in [5.41, 5.74) is 1.74. The zero-order valence-electron chi connectivity index (χ0n) is 22.5. The van der Waals surface area contributed by atoms with Crippen molar-refractivity contribution in [1.82, 2.24) is 14.5 Å². The van der Waals surface area contributed by atoms with E-state index in [9.17, 15) is 14.0 Å². The number of hydrogen-bond acceptors (Lipinski definition) is 8. The van der Waals surface area contributed by atoms with Gasteiger partial charge in [0.15, 0.2) is 5.16 Å². The number of esters is 1. The molecule has 208 valence electrons. The molecule has 1 aromatic carbocycles. The third-order valence-corrected chi connectivity index (χ3v) is 8.30. The topological polar surface area (TPSA) is 73.7 Å². The standard InChI is InChI=1S/C29H34FN3O4S2/c1-4-32(5-2)15-10-16-37-24-14-8-7-13-22(24)23-18-38-27-26(23)28(35)33(21-12-9-11-20(30)17-21)29(31-27)39-19-25(34)36-6-3/h7-9,11-13,17-18,24H,4-6,10,14-16,19H2,1-3H3. The van der Waals surface area contributed by atoms with Crippen LogP contribution in [-0.4, -0.2) is 65.1 Å². The van der Waals surface area contributed by atoms with Crippen LogP contribution in [0.25, 0.3) is 21.5 Å². The average molecular weight is 572 g/mol. The van der Waals surface area contributed by atoms with Gasteiger partial charge < -0.3 is 14.4 Å². The summed E-state index contributed by atoms with van der Waals surface area (Å²) in [7, 11) is 0. The Morgan fingerprint density at radius 2 is 2.10 bits per heavy atom. The van der Waals surface area contributed by atoms with Crippen molar-refractivity contribution in [2.75, 3.05) is 38.6 Å². The summed E-state index contributed by atoms with van der Waals surface area (Å²) >= 11 is 2.47. The molecular weight excluding hydrogens is 537 g/mol. The SMILES string of the molecule is CCOC(=O)CSc1nc2scc(C3=CC=CCC3OCCCN(CC)CC)c2c(=O)n1-c1cccc(F)c1. The van der Waals surface area contributed by atoms with Gasteiger partial charge in [-0.2, -0.15) is 0 Å². The average Bonchev–Trinajstić information content (AvgIpc) is 3.36. The molecule has 39 heavy (non-hydrogen) atoms. The summed E-state index contributed by atoms with van der Waals surface area (Å²) in [5.74, 6) is -0.891. The van der Waals surface area contributed by atoms with E-state index in [4.69, 9.17) is 14.5 Å². The lowest BCUT2D eigenvalue weighted by molar-refractivity contribution is -0.139. The van der Waals surface area contributed by atoms with Gasteiger partial charge in [-0.25, -0.2) is 9.37 Å². The van der Waals surface area contributed by atoms with Crippen LogP contribution in [0.2, 0.25) is 0 Å². The Hall–Kier alpha value is -2.79. The van der Waals surface area contributed by atoms with E-state index < -0.39 is 11.8 Å². The second kappa shape index (κ2) is 14.0. The maximum Gasteiger partial charge on any atom is 0.316 e. The van der Waals surface area contributed by atoms with E-state index in [0.29, 0.717) is 34.1 Å². The van der Waals surface area contributed by atoms with Gasteiger partial charge in [0.25, 0.3) is 5.56 Å². The largest absolute Gasteiger partial charge is 0.465 e. The molecular formula is C29H34FN3O4S2. The Morgan fingerprint density at radius 1 is 1.28 bits per heavy atom. The number of allylic oxidation sites excluding steroid dienone is 2. The van der Waals surface area contributed by atoms with E-state index in [2.05, 4.69) is 24.8 Å². The highest BCUT2D eigenvalue weighted by Gasteiger charge is 2.25. The van der Waals surface area contributed by atoms with Crippen molar-refractivity contribution in [1.29, 1.82) is 0 Å². The van der Waals surface area contributed by atoms with Gasteiger partial charge in [0, 0.05) is 24.1 Å². The molecule has 4 rings (SSSR count). The van der Waals surface area contributed by atoms with Gasteiger partial charge in [-0.15, -0.1) is 11.3 Å². The minimum absolute atomic E-state index is 0.0152. The summed E-state index contributed by atoms with van der Waals surface area (Å²) < 4.78 is 26.9. The molecule has 0 spiro atoms. The molecule has 0 aliphatic heterocycles. The van der Waals surface area contributed by atoms with Crippen molar-refractivity contribution in [3.8, 4) is 5.69 Å². The number of aromatic nitrogens is 2. The molecule has 3 aromatic rings. The van der Waals surface area contributed by atoms with E-state index in [1.807, 2.05) is 17.5 Å². The van der Waals surface area contributed by atoms with Gasteiger partial charge >= 0.3 is 5.97 Å². The van der Waals surface area contributed by atoms with E-state index in [-0.39, 0.29) is 24.0 Å². The molecule has 1 aliphatic carbocycles. The number of rotatable bonds is 13. The zero-order valence-corrected chi connectivity index (χ0v) is 24.2. The van der Waals surface area contributed by atoms with Crippen LogP contribution in [0.15, 0.2) is 57.8 Å². The zero-order chi connectivity index (χ0) is 27.8. The van der Waals surface area contributed by atoms with Gasteiger partial charge in [0.1, 0.15) is 10.6 Å². The number of fused-ring (bicyclic) bond motifs is 1. The number of thiophene rings is 1. The Balaban J connectivity index is 1.70. The number of carbonyl (C=O) groups is 1. The van der Waals surface area contributed by atoms with Crippen LogP contribution in [0, 0.1) is 5.82 Å². The van der Waals surface area contributed by atoms with Gasteiger partial charge in [-0.1, -0.05) is 49.9 Å². The van der Waals surface area contributed by atoms with Crippen LogP contribution in [0.5, 0.6) is 0 Å². The first-order valence-corrected chi connectivity index (χ1v) is 15.1. The van der Waals surface area contributed by atoms with Crippen molar-refractivity contribution in [3.63, 3.8) is 0 Å². The van der Waals surface area contributed by atoms with Crippen molar-refractivity contribution in [2.45, 2.75) is 44.9 Å². The molecule has 1 unspecified atom stereocenters. The van der Waals surface area contributed by atoms with Crippen LogP contribution in [0.1, 0.15) is 39.2 Å². The van der Waals surface area contributed by atoms with Crippen LogP contribution < -0.4 is 5.56 Å². The summed E-state index contributed by atoms with van der Waals surface area (Å²) in [6, 6.07) is 5.82. The number of carbonyl (C=O) groups excluding carboxylic acids is 1. The van der Waals surface area contributed by atoms with Crippen molar-refractivity contribution >= 4 is 44.9 Å². The lowest BCUT2D eigenvalue weighted by Gasteiger charge is -2.23. The Labute approximate surface area is 236 Å². The van der Waals surface area contributed by atoms with E-state index in [0.717, 1.165) is 49.0 Å². The predicted octanol–water partition coefficient (Wildman–Crippen LogP) is 5.70. The van der Waals surface area contributed by atoms with Crippen LogP contribution >= 0.6 is 23.1 Å². The lowest BCUT2D eigenvalue weighted by Crippen LogP contribution is -2.26. The predicted molar refractivity (Wildman–Crippen MR) is 156 cm³/mol. The fourth-order valence-electron chi connectivity index (χ4n) is 4.53. The number of halogens is 1. The van der Waals surface area contributed by atoms with Crippen molar-refractivity contribution in [2.24, 2.45) is 0 Å². The second-order valence-corrected chi connectivity index (χ2v) is 10.8. The summed E-state index contributed by atoms with van der Waals surface area (Å²) in [6.45, 7) is 9.94. The normalized spacial score (nSPS) is 15.2. The molecule has 0 amide bonds. The quantitative estimate of drug-likeness (QED) is 0.113.